The van der Waals surface area contributed by atoms with Crippen molar-refractivity contribution in [3.8, 4) is 0 Å². The Hall–Kier alpha value is -2.04. The van der Waals surface area contributed by atoms with E-state index in [0.29, 0.717) is 31.0 Å². The summed E-state index contributed by atoms with van der Waals surface area (Å²) in [6.45, 7) is 9.94. The van der Waals surface area contributed by atoms with Gasteiger partial charge in [0.25, 0.3) is 0 Å². The molecule has 1 saturated carbocycles. The van der Waals surface area contributed by atoms with Crippen LogP contribution in [0.25, 0.3) is 0 Å². The van der Waals surface area contributed by atoms with Crippen molar-refractivity contribution in [3.05, 3.63) is 29.3 Å². The lowest BCUT2D eigenvalue weighted by Gasteiger charge is -2.32. The summed E-state index contributed by atoms with van der Waals surface area (Å²) in [7, 11) is 0. The van der Waals surface area contributed by atoms with Gasteiger partial charge in [-0.25, -0.2) is 4.79 Å². The van der Waals surface area contributed by atoms with Crippen LogP contribution in [0.5, 0.6) is 0 Å². The molecule has 148 valence electrons. The Bertz CT molecular complexity index is 661. The molecule has 3 rings (SSSR count). The number of piperidine rings is 1. The Morgan fingerprint density at radius 3 is 2.00 bits per heavy atom. The van der Waals surface area contributed by atoms with Gasteiger partial charge in [-0.3, -0.25) is 4.79 Å². The predicted octanol–water partition coefficient (Wildman–Crippen LogP) is 4.46. The molecular weight excluding hydrogens is 338 g/mol. The smallest absolute Gasteiger partial charge is 0.317 e. The van der Waals surface area contributed by atoms with E-state index in [9.17, 15) is 9.59 Å². The summed E-state index contributed by atoms with van der Waals surface area (Å²) >= 11 is 0. The number of para-hydroxylation sites is 1. The molecule has 0 unspecified atom stereocenters. The lowest BCUT2D eigenvalue weighted by atomic mass is 9.91. The first-order chi connectivity index (χ1) is 12.9. The van der Waals surface area contributed by atoms with E-state index in [-0.39, 0.29) is 17.9 Å². The zero-order valence-electron chi connectivity index (χ0n) is 17.0. The van der Waals surface area contributed by atoms with E-state index in [1.165, 1.54) is 11.1 Å². The van der Waals surface area contributed by atoms with Crippen LogP contribution >= 0.6 is 0 Å². The second-order valence-corrected chi connectivity index (χ2v) is 8.60. The van der Waals surface area contributed by atoms with E-state index < -0.39 is 0 Å². The Labute approximate surface area is 162 Å². The maximum atomic E-state index is 13.0. The third kappa shape index (κ3) is 4.82. The van der Waals surface area contributed by atoms with Crippen molar-refractivity contribution in [2.75, 3.05) is 18.4 Å². The van der Waals surface area contributed by atoms with Gasteiger partial charge >= 0.3 is 6.03 Å². The third-order valence-electron chi connectivity index (χ3n) is 5.68. The van der Waals surface area contributed by atoms with Crippen LogP contribution in [0.15, 0.2) is 18.2 Å². The Morgan fingerprint density at radius 2 is 1.52 bits per heavy atom. The monoisotopic (exact) mass is 371 g/mol. The van der Waals surface area contributed by atoms with Crippen molar-refractivity contribution in [1.29, 1.82) is 0 Å². The van der Waals surface area contributed by atoms with Crippen LogP contribution in [0, 0.1) is 5.92 Å². The van der Waals surface area contributed by atoms with Gasteiger partial charge in [0.05, 0.1) is 0 Å². The summed E-state index contributed by atoms with van der Waals surface area (Å²) in [5.41, 5.74) is 3.37. The number of nitrogens with zero attached hydrogens (tertiary/aromatic N) is 1. The first-order valence-electron chi connectivity index (χ1n) is 10.4. The maximum Gasteiger partial charge on any atom is 0.317 e. The zero-order valence-corrected chi connectivity index (χ0v) is 17.0. The molecule has 3 amide bonds. The molecule has 1 aromatic rings. The quantitative estimate of drug-likeness (QED) is 0.803. The minimum absolute atomic E-state index is 0.0311. The van der Waals surface area contributed by atoms with Crippen molar-refractivity contribution in [3.63, 3.8) is 0 Å². The highest BCUT2D eigenvalue weighted by molar-refractivity contribution is 5.94. The van der Waals surface area contributed by atoms with E-state index in [1.807, 2.05) is 4.90 Å². The summed E-state index contributed by atoms with van der Waals surface area (Å²) in [5.74, 6) is 0.765. The topological polar surface area (TPSA) is 61.4 Å². The molecule has 2 fully saturated rings. The summed E-state index contributed by atoms with van der Waals surface area (Å²) in [5, 5.41) is 6.27. The second-order valence-electron chi connectivity index (χ2n) is 8.60. The largest absolute Gasteiger partial charge is 0.335 e. The van der Waals surface area contributed by atoms with Crippen LogP contribution in [-0.2, 0) is 4.79 Å². The Kier molecular flexibility index (Phi) is 6.08. The second kappa shape index (κ2) is 8.32. The fourth-order valence-electron chi connectivity index (χ4n) is 3.76. The number of carbonyl (C=O) groups excluding carboxylic acids is 2. The molecule has 1 heterocycles. The molecule has 2 N–H and O–H groups in total. The summed E-state index contributed by atoms with van der Waals surface area (Å²) < 4.78 is 0. The standard InChI is InChI=1S/C22H33N3O2/c1-14(2)18-6-5-7-19(15(3)4)20(18)24-21(26)16-10-12-25(13-11-16)22(27)23-17-8-9-17/h5-7,14-17H,8-13H2,1-4H3,(H,23,27)(H,24,26). The van der Waals surface area contributed by atoms with Crippen LogP contribution in [0.1, 0.15) is 76.3 Å². The molecule has 5 nitrogen and oxygen atoms in total. The minimum atomic E-state index is -0.0322. The number of amides is 3. The van der Waals surface area contributed by atoms with Crippen molar-refractivity contribution in [2.45, 2.75) is 71.3 Å². The third-order valence-corrected chi connectivity index (χ3v) is 5.68. The highest BCUT2D eigenvalue weighted by atomic mass is 16.2. The predicted molar refractivity (Wildman–Crippen MR) is 109 cm³/mol. The molecule has 1 aliphatic heterocycles. The molecule has 5 heteroatoms. The van der Waals surface area contributed by atoms with Gasteiger partial charge in [-0.05, 0) is 48.6 Å². The average molecular weight is 372 g/mol. The van der Waals surface area contributed by atoms with Gasteiger partial charge in [0.1, 0.15) is 0 Å². The first-order valence-corrected chi connectivity index (χ1v) is 10.4. The van der Waals surface area contributed by atoms with Gasteiger partial charge in [0, 0.05) is 30.7 Å². The number of nitrogens with one attached hydrogen (secondary N) is 2. The number of hydrogen-bond donors (Lipinski definition) is 2. The summed E-state index contributed by atoms with van der Waals surface area (Å²) in [6.07, 6.45) is 3.64. The lowest BCUT2D eigenvalue weighted by Crippen LogP contribution is -2.46. The zero-order chi connectivity index (χ0) is 19.6. The van der Waals surface area contributed by atoms with Crippen LogP contribution in [0.2, 0.25) is 0 Å². The number of likely N-dealkylation sites (tertiary alicyclic amines) is 1. The molecule has 0 radical (unpaired) electrons. The van der Waals surface area contributed by atoms with Gasteiger partial charge in [0.15, 0.2) is 0 Å². The normalized spacial score (nSPS) is 18.1. The molecule has 1 saturated heterocycles. The minimum Gasteiger partial charge on any atom is -0.335 e. The summed E-state index contributed by atoms with van der Waals surface area (Å²) in [4.78, 5) is 27.0. The van der Waals surface area contributed by atoms with E-state index in [0.717, 1.165) is 31.4 Å². The lowest BCUT2D eigenvalue weighted by molar-refractivity contribution is -0.121. The highest BCUT2D eigenvalue weighted by Gasteiger charge is 2.31. The van der Waals surface area contributed by atoms with Crippen LogP contribution in [0.3, 0.4) is 0 Å². The van der Waals surface area contributed by atoms with Gasteiger partial charge in [-0.2, -0.15) is 0 Å². The average Bonchev–Trinajstić information content (AvgIpc) is 3.45. The highest BCUT2D eigenvalue weighted by Crippen LogP contribution is 2.33. The van der Waals surface area contributed by atoms with Crippen molar-refractivity contribution >= 4 is 17.6 Å². The number of anilines is 1. The van der Waals surface area contributed by atoms with Crippen LogP contribution < -0.4 is 10.6 Å². The number of hydrogen-bond acceptors (Lipinski definition) is 2. The fourth-order valence-corrected chi connectivity index (χ4v) is 3.76. The molecule has 0 aromatic heterocycles. The van der Waals surface area contributed by atoms with Gasteiger partial charge in [0.2, 0.25) is 5.91 Å². The molecular formula is C22H33N3O2. The SMILES string of the molecule is CC(C)c1cccc(C(C)C)c1NC(=O)C1CCN(C(=O)NC2CC2)CC1. The van der Waals surface area contributed by atoms with Gasteiger partial charge < -0.3 is 15.5 Å². The number of benzene rings is 1. The van der Waals surface area contributed by atoms with E-state index in [2.05, 4.69) is 56.5 Å². The molecule has 0 spiro atoms. The van der Waals surface area contributed by atoms with Crippen LogP contribution in [-0.4, -0.2) is 36.0 Å². The number of urea groups is 1. The van der Waals surface area contributed by atoms with Crippen LogP contribution in [0.4, 0.5) is 10.5 Å². The van der Waals surface area contributed by atoms with Crippen molar-refractivity contribution in [2.24, 2.45) is 5.92 Å². The Balaban J connectivity index is 1.63. The fraction of sp³-hybridized carbons (Fsp3) is 0.636. The molecule has 0 atom stereocenters. The summed E-state index contributed by atoms with van der Waals surface area (Å²) in [6, 6.07) is 6.70. The van der Waals surface area contributed by atoms with E-state index >= 15 is 0 Å². The number of carbonyl (C=O) groups is 2. The first kappa shape index (κ1) is 19.7. The maximum absolute atomic E-state index is 13.0. The van der Waals surface area contributed by atoms with Crippen molar-refractivity contribution in [1.82, 2.24) is 10.2 Å². The van der Waals surface area contributed by atoms with Gasteiger partial charge in [-0.1, -0.05) is 45.9 Å². The van der Waals surface area contributed by atoms with Crippen molar-refractivity contribution < 1.29 is 9.59 Å². The van der Waals surface area contributed by atoms with E-state index in [4.69, 9.17) is 0 Å². The number of rotatable bonds is 5. The molecule has 27 heavy (non-hydrogen) atoms. The molecule has 1 aromatic carbocycles. The molecule has 1 aliphatic carbocycles. The molecule has 2 aliphatic rings. The molecule has 0 bridgehead atoms. The Morgan fingerprint density at radius 1 is 0.963 bits per heavy atom. The van der Waals surface area contributed by atoms with E-state index in [1.54, 1.807) is 0 Å². The van der Waals surface area contributed by atoms with Gasteiger partial charge in [-0.15, -0.1) is 0 Å².